The molecule has 2 atom stereocenters. The Morgan fingerprint density at radius 3 is 2.58 bits per heavy atom. The van der Waals surface area contributed by atoms with Gasteiger partial charge in [-0.3, -0.25) is 0 Å². The van der Waals surface area contributed by atoms with Gasteiger partial charge < -0.3 is 5.32 Å². The molecule has 0 heterocycles. The molecule has 1 fully saturated rings. The Morgan fingerprint density at radius 2 is 2.00 bits per heavy atom. The second-order valence-corrected chi connectivity index (χ2v) is 5.46. The van der Waals surface area contributed by atoms with E-state index in [4.69, 9.17) is 0 Å². The van der Waals surface area contributed by atoms with E-state index in [0.717, 1.165) is 19.3 Å². The van der Waals surface area contributed by atoms with E-state index in [1.54, 1.807) is 6.07 Å². The van der Waals surface area contributed by atoms with Crippen molar-refractivity contribution in [2.45, 2.75) is 51.7 Å². The lowest BCUT2D eigenvalue weighted by atomic mass is 10.0. The molecule has 4 heteroatoms. The predicted octanol–water partition coefficient (Wildman–Crippen LogP) is 5.00. The van der Waals surface area contributed by atoms with Gasteiger partial charge >= 0.3 is 6.18 Å². The highest BCUT2D eigenvalue weighted by molar-refractivity contribution is 5.50. The van der Waals surface area contributed by atoms with Gasteiger partial charge in [-0.1, -0.05) is 19.4 Å². The minimum Gasteiger partial charge on any atom is -0.382 e. The van der Waals surface area contributed by atoms with E-state index in [0.29, 0.717) is 17.6 Å². The van der Waals surface area contributed by atoms with E-state index in [1.807, 2.05) is 0 Å². The van der Waals surface area contributed by atoms with E-state index in [2.05, 4.69) is 12.2 Å². The zero-order valence-electron chi connectivity index (χ0n) is 11.3. The summed E-state index contributed by atoms with van der Waals surface area (Å²) in [4.78, 5) is 0. The Balaban J connectivity index is 2.10. The molecule has 0 radical (unpaired) electrons. The lowest BCUT2D eigenvalue weighted by Crippen LogP contribution is -2.16. The number of hydrogen-bond acceptors (Lipinski definition) is 1. The van der Waals surface area contributed by atoms with Crippen LogP contribution in [0.15, 0.2) is 18.2 Å². The zero-order valence-corrected chi connectivity index (χ0v) is 11.3. The van der Waals surface area contributed by atoms with Crippen molar-refractivity contribution >= 4 is 5.69 Å². The Labute approximate surface area is 112 Å². The molecule has 0 aromatic heterocycles. The van der Waals surface area contributed by atoms with Gasteiger partial charge in [0.05, 0.1) is 5.56 Å². The van der Waals surface area contributed by atoms with Gasteiger partial charge in [-0.15, -0.1) is 0 Å². The Hall–Kier alpha value is -1.19. The lowest BCUT2D eigenvalue weighted by molar-refractivity contribution is -0.138. The average molecular weight is 271 g/mol. The van der Waals surface area contributed by atoms with Crippen LogP contribution in [0, 0.1) is 12.8 Å². The average Bonchev–Trinajstić information content (AvgIpc) is 2.78. The number of rotatable bonds is 3. The van der Waals surface area contributed by atoms with Crippen LogP contribution in [-0.4, -0.2) is 6.04 Å². The van der Waals surface area contributed by atoms with Gasteiger partial charge in [0, 0.05) is 11.7 Å². The van der Waals surface area contributed by atoms with Crippen LogP contribution in [-0.2, 0) is 6.18 Å². The number of aryl methyl sites for hydroxylation is 1. The summed E-state index contributed by atoms with van der Waals surface area (Å²) in [5.74, 6) is 0.713. The first-order valence-corrected chi connectivity index (χ1v) is 6.84. The second-order valence-electron chi connectivity index (χ2n) is 5.46. The van der Waals surface area contributed by atoms with Crippen LogP contribution >= 0.6 is 0 Å². The summed E-state index contributed by atoms with van der Waals surface area (Å²) in [7, 11) is 0. The van der Waals surface area contributed by atoms with E-state index >= 15 is 0 Å². The standard InChI is InChI=1S/C15H20F3N/c1-3-11-5-7-12(8-11)19-13-6-4-10(2)14(9-13)15(16,17)18/h4,6,9,11-12,19H,3,5,7-8H2,1-2H3. The number of nitrogens with one attached hydrogen (secondary N) is 1. The molecule has 2 unspecified atom stereocenters. The maximum atomic E-state index is 12.8. The van der Waals surface area contributed by atoms with Crippen LogP contribution in [0.4, 0.5) is 18.9 Å². The van der Waals surface area contributed by atoms with Crippen molar-refractivity contribution in [2.24, 2.45) is 5.92 Å². The summed E-state index contributed by atoms with van der Waals surface area (Å²) in [6.45, 7) is 3.66. The van der Waals surface area contributed by atoms with Crippen LogP contribution in [0.3, 0.4) is 0 Å². The van der Waals surface area contributed by atoms with E-state index in [9.17, 15) is 13.2 Å². The summed E-state index contributed by atoms with van der Waals surface area (Å²) in [5.41, 5.74) is 0.318. The second kappa shape index (κ2) is 5.43. The highest BCUT2D eigenvalue weighted by atomic mass is 19.4. The predicted molar refractivity (Wildman–Crippen MR) is 71.2 cm³/mol. The quantitative estimate of drug-likeness (QED) is 0.815. The van der Waals surface area contributed by atoms with Gasteiger partial charge in [0.1, 0.15) is 0 Å². The summed E-state index contributed by atoms with van der Waals surface area (Å²) < 4.78 is 38.5. The van der Waals surface area contributed by atoms with Crippen LogP contribution < -0.4 is 5.32 Å². The van der Waals surface area contributed by atoms with Gasteiger partial charge in [-0.2, -0.15) is 13.2 Å². The summed E-state index contributed by atoms with van der Waals surface area (Å²) in [6.07, 6.45) is 0.162. The molecule has 19 heavy (non-hydrogen) atoms. The summed E-state index contributed by atoms with van der Waals surface area (Å²) >= 11 is 0. The molecule has 0 saturated heterocycles. The first kappa shape index (κ1) is 14.2. The number of anilines is 1. The van der Waals surface area contributed by atoms with Crippen LogP contribution in [0.1, 0.15) is 43.7 Å². The third kappa shape index (κ3) is 3.43. The number of halogens is 3. The van der Waals surface area contributed by atoms with Crippen molar-refractivity contribution in [3.05, 3.63) is 29.3 Å². The molecule has 0 amide bonds. The van der Waals surface area contributed by atoms with Gasteiger partial charge in [0.2, 0.25) is 0 Å². The molecule has 2 rings (SSSR count). The molecule has 1 saturated carbocycles. The number of benzene rings is 1. The molecule has 0 spiro atoms. The molecule has 106 valence electrons. The van der Waals surface area contributed by atoms with E-state index in [-0.39, 0.29) is 5.56 Å². The molecule has 1 aliphatic rings. The fourth-order valence-electron chi connectivity index (χ4n) is 2.83. The van der Waals surface area contributed by atoms with Crippen molar-refractivity contribution in [3.63, 3.8) is 0 Å². The number of alkyl halides is 3. The minimum absolute atomic E-state index is 0.274. The summed E-state index contributed by atoms with van der Waals surface area (Å²) in [5, 5.41) is 3.24. The molecule has 0 aliphatic heterocycles. The van der Waals surface area contributed by atoms with Crippen molar-refractivity contribution in [1.29, 1.82) is 0 Å². The van der Waals surface area contributed by atoms with Crippen molar-refractivity contribution < 1.29 is 13.2 Å². The number of hydrogen-bond donors (Lipinski definition) is 1. The van der Waals surface area contributed by atoms with Crippen LogP contribution in [0.25, 0.3) is 0 Å². The summed E-state index contributed by atoms with van der Waals surface area (Å²) in [6, 6.07) is 4.82. The van der Waals surface area contributed by atoms with E-state index in [1.165, 1.54) is 25.5 Å². The largest absolute Gasteiger partial charge is 0.416 e. The van der Waals surface area contributed by atoms with Gasteiger partial charge in [-0.05, 0) is 49.8 Å². The van der Waals surface area contributed by atoms with Crippen molar-refractivity contribution in [2.75, 3.05) is 5.32 Å². The van der Waals surface area contributed by atoms with Crippen molar-refractivity contribution in [3.8, 4) is 0 Å². The zero-order chi connectivity index (χ0) is 14.0. The smallest absolute Gasteiger partial charge is 0.382 e. The first-order valence-electron chi connectivity index (χ1n) is 6.84. The third-order valence-electron chi connectivity index (χ3n) is 4.03. The Kier molecular flexibility index (Phi) is 4.07. The maximum Gasteiger partial charge on any atom is 0.416 e. The molecule has 1 N–H and O–H groups in total. The van der Waals surface area contributed by atoms with E-state index < -0.39 is 11.7 Å². The topological polar surface area (TPSA) is 12.0 Å². The minimum atomic E-state index is -4.27. The monoisotopic (exact) mass is 271 g/mol. The highest BCUT2D eigenvalue weighted by Gasteiger charge is 2.32. The van der Waals surface area contributed by atoms with Gasteiger partial charge in [0.15, 0.2) is 0 Å². The third-order valence-corrected chi connectivity index (χ3v) is 4.03. The van der Waals surface area contributed by atoms with Crippen LogP contribution in [0.5, 0.6) is 0 Å². The first-order chi connectivity index (χ1) is 8.90. The molecular formula is C15H20F3N. The Bertz CT molecular complexity index is 440. The Morgan fingerprint density at radius 1 is 1.26 bits per heavy atom. The molecule has 1 nitrogen and oxygen atoms in total. The van der Waals surface area contributed by atoms with Gasteiger partial charge in [-0.25, -0.2) is 0 Å². The molecule has 0 bridgehead atoms. The molecule has 1 aliphatic carbocycles. The van der Waals surface area contributed by atoms with Gasteiger partial charge in [0.25, 0.3) is 0 Å². The SMILES string of the molecule is CCC1CCC(Nc2ccc(C)c(C(F)(F)F)c2)C1. The van der Waals surface area contributed by atoms with Crippen LogP contribution in [0.2, 0.25) is 0 Å². The fraction of sp³-hybridized carbons (Fsp3) is 0.600. The highest BCUT2D eigenvalue weighted by Crippen LogP contribution is 2.35. The normalized spacial score (nSPS) is 23.6. The molecule has 1 aromatic rings. The lowest BCUT2D eigenvalue weighted by Gasteiger charge is -2.17. The fourth-order valence-corrected chi connectivity index (χ4v) is 2.83. The van der Waals surface area contributed by atoms with Crippen molar-refractivity contribution in [1.82, 2.24) is 0 Å². The molecular weight excluding hydrogens is 251 g/mol. The molecule has 1 aromatic carbocycles. The maximum absolute atomic E-state index is 12.8.